The second kappa shape index (κ2) is 3.48. The predicted molar refractivity (Wildman–Crippen MR) is 50.1 cm³/mol. The molecule has 0 fully saturated rings. The van der Waals surface area contributed by atoms with Crippen molar-refractivity contribution >= 4 is 0 Å². The van der Waals surface area contributed by atoms with Gasteiger partial charge in [0.05, 0.1) is 0 Å². The van der Waals surface area contributed by atoms with Gasteiger partial charge in [-0.05, 0) is 26.3 Å². The van der Waals surface area contributed by atoms with Crippen LogP contribution in [0.2, 0.25) is 0 Å². The molecule has 0 aromatic heterocycles. The van der Waals surface area contributed by atoms with Crippen molar-refractivity contribution in [1.82, 2.24) is 0 Å². The summed E-state index contributed by atoms with van der Waals surface area (Å²) >= 11 is 0. The van der Waals surface area contributed by atoms with Crippen molar-refractivity contribution in [2.45, 2.75) is 26.8 Å². The Morgan fingerprint density at radius 2 is 1.67 bits per heavy atom. The third kappa shape index (κ3) is 1.91. The third-order valence-corrected chi connectivity index (χ3v) is 1.88. The van der Waals surface area contributed by atoms with Gasteiger partial charge >= 0.3 is 0 Å². The van der Waals surface area contributed by atoms with Crippen molar-refractivity contribution in [2.24, 2.45) is 5.18 Å². The van der Waals surface area contributed by atoms with Crippen LogP contribution in [-0.4, -0.2) is 0 Å². The fraction of sp³-hybridized carbons (Fsp3) is 0.400. The molecule has 0 spiro atoms. The third-order valence-electron chi connectivity index (χ3n) is 1.88. The van der Waals surface area contributed by atoms with E-state index in [1.165, 1.54) is 11.1 Å². The van der Waals surface area contributed by atoms with Gasteiger partial charge in [0.1, 0.15) is 6.04 Å². The summed E-state index contributed by atoms with van der Waals surface area (Å²) in [6.45, 7) is 5.85. The summed E-state index contributed by atoms with van der Waals surface area (Å²) in [6.07, 6.45) is 0. The molecule has 0 saturated carbocycles. The summed E-state index contributed by atoms with van der Waals surface area (Å²) < 4.78 is 0. The van der Waals surface area contributed by atoms with Crippen molar-refractivity contribution < 1.29 is 0 Å². The van der Waals surface area contributed by atoms with Crippen LogP contribution >= 0.6 is 0 Å². The van der Waals surface area contributed by atoms with Crippen LogP contribution in [0.25, 0.3) is 0 Å². The van der Waals surface area contributed by atoms with E-state index >= 15 is 0 Å². The van der Waals surface area contributed by atoms with Gasteiger partial charge in [0.2, 0.25) is 0 Å². The Kier molecular flexibility index (Phi) is 2.58. The van der Waals surface area contributed by atoms with Crippen LogP contribution in [0.4, 0.5) is 0 Å². The largest absolute Gasteiger partial charge is 0.150 e. The first-order valence-corrected chi connectivity index (χ1v) is 4.04. The van der Waals surface area contributed by atoms with Gasteiger partial charge in [-0.3, -0.25) is 0 Å². The van der Waals surface area contributed by atoms with E-state index < -0.39 is 0 Å². The number of benzene rings is 1. The first kappa shape index (κ1) is 8.91. The van der Waals surface area contributed by atoms with Crippen molar-refractivity contribution in [1.29, 1.82) is 0 Å². The summed E-state index contributed by atoms with van der Waals surface area (Å²) in [5.41, 5.74) is 3.36. The van der Waals surface area contributed by atoms with Gasteiger partial charge in [0.15, 0.2) is 0 Å². The van der Waals surface area contributed by atoms with Gasteiger partial charge in [0.25, 0.3) is 0 Å². The van der Waals surface area contributed by atoms with E-state index in [0.29, 0.717) is 0 Å². The van der Waals surface area contributed by atoms with Gasteiger partial charge < -0.3 is 0 Å². The number of aryl methyl sites for hydroxylation is 2. The second-order valence-electron chi connectivity index (χ2n) is 3.20. The van der Waals surface area contributed by atoms with Crippen molar-refractivity contribution in [3.63, 3.8) is 0 Å². The zero-order valence-electron chi connectivity index (χ0n) is 7.66. The van der Waals surface area contributed by atoms with Crippen molar-refractivity contribution in [2.75, 3.05) is 0 Å². The Morgan fingerprint density at radius 3 is 2.08 bits per heavy atom. The van der Waals surface area contributed by atoms with Crippen LogP contribution in [0.1, 0.15) is 29.7 Å². The van der Waals surface area contributed by atoms with Crippen LogP contribution in [0.15, 0.2) is 23.4 Å². The molecular weight excluding hydrogens is 150 g/mol. The molecule has 0 aliphatic rings. The Labute approximate surface area is 72.6 Å². The molecule has 0 bridgehead atoms. The fourth-order valence-corrected chi connectivity index (χ4v) is 1.31. The molecule has 1 aromatic rings. The lowest BCUT2D eigenvalue weighted by atomic mass is 10.0. The summed E-state index contributed by atoms with van der Waals surface area (Å²) in [4.78, 5) is 10.3. The monoisotopic (exact) mass is 163 g/mol. The molecule has 2 heteroatoms. The minimum absolute atomic E-state index is 0.233. The molecule has 1 atom stereocenters. The predicted octanol–water partition coefficient (Wildman–Crippen LogP) is 3.13. The molecule has 0 heterocycles. The topological polar surface area (TPSA) is 29.4 Å². The van der Waals surface area contributed by atoms with Gasteiger partial charge in [-0.2, -0.15) is 4.91 Å². The molecule has 2 nitrogen and oxygen atoms in total. The van der Waals surface area contributed by atoms with Crippen LogP contribution in [0.3, 0.4) is 0 Å². The van der Waals surface area contributed by atoms with Gasteiger partial charge in [-0.1, -0.05) is 34.5 Å². The maximum absolute atomic E-state index is 10.3. The molecule has 1 aromatic carbocycles. The normalized spacial score (nSPS) is 12.6. The number of nitrogens with zero attached hydrogens (tertiary/aromatic N) is 1. The molecule has 0 aliphatic heterocycles. The first-order valence-electron chi connectivity index (χ1n) is 4.04. The summed E-state index contributed by atoms with van der Waals surface area (Å²) in [5, 5.41) is 2.99. The molecule has 0 saturated heterocycles. The Bertz CT molecular complexity index is 274. The highest BCUT2D eigenvalue weighted by atomic mass is 16.3. The molecular formula is C10H13NO. The van der Waals surface area contributed by atoms with E-state index in [4.69, 9.17) is 0 Å². The Morgan fingerprint density at radius 1 is 1.17 bits per heavy atom. The Hall–Kier alpha value is -1.18. The molecule has 64 valence electrons. The average Bonchev–Trinajstić information content (AvgIpc) is 2.01. The molecule has 12 heavy (non-hydrogen) atoms. The van der Waals surface area contributed by atoms with E-state index in [0.717, 1.165) is 5.56 Å². The highest BCUT2D eigenvalue weighted by Crippen LogP contribution is 2.18. The zero-order valence-corrected chi connectivity index (χ0v) is 7.66. The molecule has 0 amide bonds. The lowest BCUT2D eigenvalue weighted by Crippen LogP contribution is -1.90. The zero-order chi connectivity index (χ0) is 9.14. The average molecular weight is 163 g/mol. The molecule has 0 radical (unpaired) electrons. The van der Waals surface area contributed by atoms with Crippen molar-refractivity contribution in [3.8, 4) is 0 Å². The summed E-state index contributed by atoms with van der Waals surface area (Å²) in [5.74, 6) is 0. The minimum atomic E-state index is -0.233. The number of hydrogen-bond donors (Lipinski definition) is 0. The lowest BCUT2D eigenvalue weighted by Gasteiger charge is -2.05. The van der Waals surface area contributed by atoms with E-state index in [-0.39, 0.29) is 6.04 Å². The number of nitroso groups, excluding NO2 is 1. The lowest BCUT2D eigenvalue weighted by molar-refractivity contribution is 0.809. The summed E-state index contributed by atoms with van der Waals surface area (Å²) in [6, 6.07) is 5.85. The molecule has 1 unspecified atom stereocenters. The quantitative estimate of drug-likeness (QED) is 0.616. The van der Waals surface area contributed by atoms with E-state index in [1.54, 1.807) is 6.92 Å². The minimum Gasteiger partial charge on any atom is -0.150 e. The van der Waals surface area contributed by atoms with Gasteiger partial charge in [-0.15, -0.1) is 0 Å². The van der Waals surface area contributed by atoms with E-state index in [2.05, 4.69) is 11.2 Å². The van der Waals surface area contributed by atoms with Crippen LogP contribution in [0.5, 0.6) is 0 Å². The first-order chi connectivity index (χ1) is 5.63. The van der Waals surface area contributed by atoms with Crippen LogP contribution in [0, 0.1) is 18.8 Å². The van der Waals surface area contributed by atoms with Crippen molar-refractivity contribution in [3.05, 3.63) is 39.8 Å². The molecule has 0 aliphatic carbocycles. The SMILES string of the molecule is Cc1cc(C)cc(C(C)N=O)c1. The second-order valence-corrected chi connectivity index (χ2v) is 3.20. The maximum Gasteiger partial charge on any atom is 0.114 e. The highest BCUT2D eigenvalue weighted by Gasteiger charge is 2.04. The standard InChI is InChI=1S/C10H13NO/c1-7-4-8(2)6-10(5-7)9(3)11-12/h4-6,9H,1-3H3. The number of hydrogen-bond acceptors (Lipinski definition) is 2. The Balaban J connectivity index is 3.08. The van der Waals surface area contributed by atoms with E-state index in [9.17, 15) is 4.91 Å². The van der Waals surface area contributed by atoms with Gasteiger partial charge in [-0.25, -0.2) is 0 Å². The van der Waals surface area contributed by atoms with Crippen LogP contribution < -0.4 is 0 Å². The maximum atomic E-state index is 10.3. The number of rotatable bonds is 2. The van der Waals surface area contributed by atoms with Gasteiger partial charge in [0, 0.05) is 0 Å². The fourth-order valence-electron chi connectivity index (χ4n) is 1.31. The van der Waals surface area contributed by atoms with E-state index in [1.807, 2.05) is 26.0 Å². The highest BCUT2D eigenvalue weighted by molar-refractivity contribution is 5.30. The smallest absolute Gasteiger partial charge is 0.114 e. The molecule has 1 rings (SSSR count). The molecule has 0 N–H and O–H groups in total. The van der Waals surface area contributed by atoms with Crippen LogP contribution in [-0.2, 0) is 0 Å². The summed E-state index contributed by atoms with van der Waals surface area (Å²) in [7, 11) is 0.